The van der Waals surface area contributed by atoms with Gasteiger partial charge in [0.25, 0.3) is 0 Å². The van der Waals surface area contributed by atoms with Gasteiger partial charge in [-0.3, -0.25) is 13.8 Å². The Kier molecular flexibility index (Phi) is 60.3. The molecule has 0 radical (unpaired) electrons. The number of hydrogen-bond donors (Lipinski definition) is 3. The average molecular weight is 1130 g/mol. The van der Waals surface area contributed by atoms with Gasteiger partial charge in [0.1, 0.15) is 13.2 Å². The Balaban J connectivity index is 4.06. The predicted molar refractivity (Wildman–Crippen MR) is 346 cm³/mol. The highest BCUT2D eigenvalue weighted by Crippen LogP contribution is 2.43. The molecule has 3 N–H and O–H groups in total. The number of hydrogen-bond acceptors (Lipinski definition) is 5. The van der Waals surface area contributed by atoms with Crippen LogP contribution in [0.2, 0.25) is 0 Å². The fourth-order valence-corrected chi connectivity index (χ4v) is 11.4. The fourth-order valence-electron chi connectivity index (χ4n) is 10.7. The van der Waals surface area contributed by atoms with Gasteiger partial charge in [-0.1, -0.05) is 333 Å². The second kappa shape index (κ2) is 61.3. The number of allylic oxidation sites excluding steroid dienone is 5. The summed E-state index contributed by atoms with van der Waals surface area (Å²) in [6.45, 7) is 4.86. The first-order valence-corrected chi connectivity index (χ1v) is 36.4. The van der Waals surface area contributed by atoms with E-state index in [1.54, 1.807) is 6.08 Å². The summed E-state index contributed by atoms with van der Waals surface area (Å²) in [7, 11) is 1.59. The molecule has 1 amide bonds. The van der Waals surface area contributed by atoms with Crippen LogP contribution in [-0.4, -0.2) is 73.4 Å². The van der Waals surface area contributed by atoms with Crippen molar-refractivity contribution >= 4 is 13.7 Å². The molecule has 0 spiro atoms. The zero-order valence-corrected chi connectivity index (χ0v) is 54.5. The Hall–Kier alpha value is -1.28. The van der Waals surface area contributed by atoms with Crippen molar-refractivity contribution in [1.82, 2.24) is 5.32 Å². The van der Waals surface area contributed by atoms with Crippen molar-refractivity contribution in [2.45, 2.75) is 366 Å². The van der Waals surface area contributed by atoms with Gasteiger partial charge in [0.15, 0.2) is 0 Å². The normalized spacial score (nSPS) is 13.9. The summed E-state index contributed by atoms with van der Waals surface area (Å²) in [5.74, 6) is -0.171. The van der Waals surface area contributed by atoms with Crippen LogP contribution >= 0.6 is 7.82 Å². The van der Waals surface area contributed by atoms with Gasteiger partial charge < -0.3 is 19.8 Å². The van der Waals surface area contributed by atoms with Gasteiger partial charge in [0.2, 0.25) is 5.91 Å². The number of likely N-dealkylation sites (N-methyl/N-ethyl adjacent to an activating group) is 1. The fraction of sp³-hybridized carbons (Fsp3) is 0.900. The molecule has 0 aromatic rings. The number of amides is 1. The highest BCUT2D eigenvalue weighted by Gasteiger charge is 2.28. The molecule has 9 heteroatoms. The molecule has 0 saturated carbocycles. The minimum Gasteiger partial charge on any atom is -0.387 e. The van der Waals surface area contributed by atoms with Crippen LogP contribution in [0.3, 0.4) is 0 Å². The van der Waals surface area contributed by atoms with E-state index in [2.05, 4.69) is 43.5 Å². The van der Waals surface area contributed by atoms with Gasteiger partial charge in [0.05, 0.1) is 39.9 Å². The summed E-state index contributed by atoms with van der Waals surface area (Å²) in [4.78, 5) is 23.4. The maximum atomic E-state index is 13.0. The van der Waals surface area contributed by atoms with Crippen LogP contribution in [0.4, 0.5) is 0 Å². The van der Waals surface area contributed by atoms with Gasteiger partial charge in [-0.15, -0.1) is 0 Å². The van der Waals surface area contributed by atoms with E-state index in [9.17, 15) is 19.4 Å². The lowest BCUT2D eigenvalue weighted by molar-refractivity contribution is -0.870. The molecular formula is C70H138N2O6P+. The number of phosphoric acid groups is 1. The first-order chi connectivity index (χ1) is 38.5. The number of carbonyl (C=O) groups excluding carboxylic acids is 1. The number of quaternary nitrogens is 1. The molecule has 0 heterocycles. The lowest BCUT2D eigenvalue weighted by Gasteiger charge is -2.25. The quantitative estimate of drug-likeness (QED) is 0.0243. The lowest BCUT2D eigenvalue weighted by atomic mass is 10.0. The van der Waals surface area contributed by atoms with Gasteiger partial charge in [-0.2, -0.15) is 0 Å². The van der Waals surface area contributed by atoms with Gasteiger partial charge in [-0.25, -0.2) is 4.57 Å². The maximum absolute atomic E-state index is 13.0. The molecule has 0 bridgehead atoms. The molecule has 0 saturated heterocycles. The largest absolute Gasteiger partial charge is 0.472 e. The number of rotatable bonds is 65. The van der Waals surface area contributed by atoms with Crippen molar-refractivity contribution in [2.24, 2.45) is 0 Å². The van der Waals surface area contributed by atoms with Crippen LogP contribution in [0.15, 0.2) is 36.5 Å². The molecular weight excluding hydrogens is 996 g/mol. The molecule has 0 aromatic carbocycles. The third kappa shape index (κ3) is 64.1. The summed E-state index contributed by atoms with van der Waals surface area (Å²) in [5.41, 5.74) is 0. The molecule has 0 aliphatic rings. The molecule has 3 unspecified atom stereocenters. The number of aliphatic hydroxyl groups is 1. The number of carbonyl (C=O) groups is 1. The smallest absolute Gasteiger partial charge is 0.387 e. The maximum Gasteiger partial charge on any atom is 0.472 e. The van der Waals surface area contributed by atoms with Gasteiger partial charge >= 0.3 is 7.82 Å². The van der Waals surface area contributed by atoms with Gasteiger partial charge in [-0.05, 0) is 51.4 Å². The Morgan fingerprint density at radius 1 is 0.430 bits per heavy atom. The topological polar surface area (TPSA) is 105 Å². The third-order valence-corrected chi connectivity index (χ3v) is 17.1. The predicted octanol–water partition coefficient (Wildman–Crippen LogP) is 22.1. The van der Waals surface area contributed by atoms with Crippen molar-refractivity contribution in [1.29, 1.82) is 0 Å². The van der Waals surface area contributed by atoms with E-state index in [4.69, 9.17) is 9.05 Å². The van der Waals surface area contributed by atoms with Crippen molar-refractivity contribution in [3.63, 3.8) is 0 Å². The zero-order chi connectivity index (χ0) is 57.7. The number of unbranched alkanes of at least 4 members (excludes halogenated alkanes) is 48. The highest BCUT2D eigenvalue weighted by atomic mass is 31.2. The molecule has 79 heavy (non-hydrogen) atoms. The Bertz CT molecular complexity index is 1380. The van der Waals surface area contributed by atoms with Crippen molar-refractivity contribution in [3.8, 4) is 0 Å². The monoisotopic (exact) mass is 1130 g/mol. The van der Waals surface area contributed by atoms with Crippen LogP contribution in [0.25, 0.3) is 0 Å². The van der Waals surface area contributed by atoms with Crippen molar-refractivity contribution in [2.75, 3.05) is 40.9 Å². The minimum atomic E-state index is -4.35. The number of nitrogens with zero attached hydrogens (tertiary/aromatic N) is 1. The van der Waals surface area contributed by atoms with Gasteiger partial charge in [0, 0.05) is 6.42 Å². The standard InChI is InChI=1S/C70H137N2O6P/c1-6-8-10-12-14-16-18-20-22-24-26-28-30-32-34-35-36-38-39-41-43-45-47-49-51-53-55-57-59-61-63-69(73)68(67-78-79(75,76)77-66-65-72(3,4)5)71-70(74)64-62-60-58-56-54-52-50-48-46-44-42-40-37-33-31-29-27-25-23-21-19-17-15-13-11-9-7-2/h19,21,25,27,61,63,68-69,73H,6-18,20,22-24,26,28-60,62,64-67H2,1-5H3,(H-,71,74,75,76)/p+1/b21-19-,27-25-,63-61+. The van der Waals surface area contributed by atoms with E-state index in [-0.39, 0.29) is 19.1 Å². The van der Waals surface area contributed by atoms with Crippen LogP contribution in [0.1, 0.15) is 354 Å². The molecule has 0 fully saturated rings. The van der Waals surface area contributed by atoms with Crippen LogP contribution in [0, 0.1) is 0 Å². The summed E-state index contributed by atoms with van der Waals surface area (Å²) < 4.78 is 23.8. The molecule has 8 nitrogen and oxygen atoms in total. The summed E-state index contributed by atoms with van der Waals surface area (Å²) in [5, 5.41) is 14.0. The summed E-state index contributed by atoms with van der Waals surface area (Å²) >= 11 is 0. The molecule has 0 aliphatic heterocycles. The number of nitrogens with one attached hydrogen (secondary N) is 1. The minimum absolute atomic E-state index is 0.0630. The van der Waals surface area contributed by atoms with E-state index in [1.807, 2.05) is 27.2 Å². The molecule has 0 aromatic heterocycles. The Morgan fingerprint density at radius 3 is 1.04 bits per heavy atom. The Labute approximate surface area is 493 Å². The highest BCUT2D eigenvalue weighted by molar-refractivity contribution is 7.47. The summed E-state index contributed by atoms with van der Waals surface area (Å²) in [6.07, 6.45) is 81.4. The third-order valence-electron chi connectivity index (χ3n) is 16.1. The number of aliphatic hydroxyl groups excluding tert-OH is 1. The first-order valence-electron chi connectivity index (χ1n) is 34.9. The van der Waals surface area contributed by atoms with E-state index < -0.39 is 20.0 Å². The van der Waals surface area contributed by atoms with Crippen LogP contribution < -0.4 is 5.32 Å². The van der Waals surface area contributed by atoms with Crippen LogP contribution in [0.5, 0.6) is 0 Å². The first kappa shape index (κ1) is 77.7. The van der Waals surface area contributed by atoms with Crippen molar-refractivity contribution < 1.29 is 32.9 Å². The SMILES string of the molecule is CCCCCCC/C=C\C/C=C\CCCCCCCCCCCCCCCCCC(=O)NC(COP(=O)(O)OCC[N+](C)(C)C)C(O)/C=C/CCCCCCCCCCCCCCCCCCCCCCCCCCCCCC. The molecule has 0 aliphatic carbocycles. The van der Waals surface area contributed by atoms with E-state index in [1.165, 1.54) is 295 Å². The average Bonchev–Trinajstić information content (AvgIpc) is 3.42. The molecule has 0 rings (SSSR count). The van der Waals surface area contributed by atoms with Crippen LogP contribution in [-0.2, 0) is 18.4 Å². The van der Waals surface area contributed by atoms with E-state index in [0.717, 1.165) is 38.5 Å². The second-order valence-corrected chi connectivity index (χ2v) is 26.7. The van der Waals surface area contributed by atoms with E-state index in [0.29, 0.717) is 17.4 Å². The molecule has 468 valence electrons. The van der Waals surface area contributed by atoms with E-state index >= 15 is 0 Å². The lowest BCUT2D eigenvalue weighted by Crippen LogP contribution is -2.45. The molecule has 3 atom stereocenters. The second-order valence-electron chi connectivity index (χ2n) is 25.3. The zero-order valence-electron chi connectivity index (χ0n) is 53.6. The number of phosphoric ester groups is 1. The van der Waals surface area contributed by atoms with Crippen molar-refractivity contribution in [3.05, 3.63) is 36.5 Å². The summed E-state index contributed by atoms with van der Waals surface area (Å²) in [6, 6.07) is -0.848. The Morgan fingerprint density at radius 2 is 0.722 bits per heavy atom.